The summed E-state index contributed by atoms with van der Waals surface area (Å²) < 4.78 is 63.0. The van der Waals surface area contributed by atoms with E-state index in [2.05, 4.69) is 29.2 Å². The fraction of sp³-hybridized carbons (Fsp3) is 0.156. The first kappa shape index (κ1) is 32.1. The number of ether oxygens (including phenoxy) is 3. The van der Waals surface area contributed by atoms with Crippen LogP contribution < -0.4 is 14.4 Å². The zero-order chi connectivity index (χ0) is 35.5. The van der Waals surface area contributed by atoms with Gasteiger partial charge < -0.3 is 19.1 Å². The highest BCUT2D eigenvalue weighted by molar-refractivity contribution is 6.27. The van der Waals surface area contributed by atoms with Gasteiger partial charge in [0, 0.05) is 40.9 Å². The van der Waals surface area contributed by atoms with Gasteiger partial charge in [-0.25, -0.2) is 0 Å². The first-order valence-electron chi connectivity index (χ1n) is 17.4. The molecule has 7 heteroatoms. The Balaban J connectivity index is 1.23. The SMILES string of the molecule is COc1ccc(C2(c3ccc(-c4ccc(N5CCOCC5)cc4)cc3)C=Cc3c(C(F)(F)F)cc4c5ccccc5c5ccccc5c4c3O2)cc1. The molecule has 0 aromatic heterocycles. The van der Waals surface area contributed by atoms with Crippen molar-refractivity contribution in [2.45, 2.75) is 11.8 Å². The summed E-state index contributed by atoms with van der Waals surface area (Å²) in [7, 11) is 1.60. The van der Waals surface area contributed by atoms with Gasteiger partial charge in [0.05, 0.1) is 25.9 Å². The molecule has 1 atom stereocenters. The molecule has 2 aliphatic rings. The van der Waals surface area contributed by atoms with Crippen LogP contribution in [0.1, 0.15) is 22.3 Å². The van der Waals surface area contributed by atoms with E-state index in [4.69, 9.17) is 14.2 Å². The second-order valence-electron chi connectivity index (χ2n) is 13.3. The van der Waals surface area contributed by atoms with Crippen LogP contribution in [0, 0.1) is 0 Å². The Kier molecular flexibility index (Phi) is 7.70. The summed E-state index contributed by atoms with van der Waals surface area (Å²) >= 11 is 0. The average Bonchev–Trinajstić information content (AvgIpc) is 3.20. The minimum atomic E-state index is -4.61. The quantitative estimate of drug-likeness (QED) is 0.168. The van der Waals surface area contributed by atoms with Crippen molar-refractivity contribution in [1.82, 2.24) is 0 Å². The van der Waals surface area contributed by atoms with Crippen LogP contribution in [0.4, 0.5) is 18.9 Å². The molecule has 4 nitrogen and oxygen atoms in total. The Morgan fingerprint density at radius 3 is 1.79 bits per heavy atom. The third-order valence-corrected chi connectivity index (χ3v) is 10.5. The van der Waals surface area contributed by atoms with Gasteiger partial charge in [0.2, 0.25) is 0 Å². The van der Waals surface area contributed by atoms with Crippen LogP contribution in [-0.2, 0) is 16.5 Å². The Morgan fingerprint density at radius 2 is 1.19 bits per heavy atom. The first-order valence-corrected chi connectivity index (χ1v) is 17.4. The molecule has 0 radical (unpaired) electrons. The van der Waals surface area contributed by atoms with Gasteiger partial charge in [-0.3, -0.25) is 0 Å². The standard InChI is InChI=1S/C45H34F3NO3/c1-50-34-20-16-32(17-21-34)44(31-14-10-29(11-15-31)30-12-18-33(19-13-30)49-24-26-51-27-25-49)23-22-39-41(45(46,47)48)28-40-37-8-3-2-6-35(37)36-7-4-5-9-38(36)42(40)43(39)52-44/h2-23,28H,24-27H2,1H3. The summed E-state index contributed by atoms with van der Waals surface area (Å²) in [6.07, 6.45) is -1.26. The molecule has 0 N–H and O–H groups in total. The number of fused-ring (bicyclic) bond motifs is 8. The van der Waals surface area contributed by atoms with Crippen LogP contribution >= 0.6 is 0 Å². The van der Waals surface area contributed by atoms with E-state index in [1.54, 1.807) is 19.3 Å². The normalized spacial score (nSPS) is 17.3. The number of halogens is 3. The zero-order valence-corrected chi connectivity index (χ0v) is 28.4. The molecule has 7 aromatic carbocycles. The molecule has 1 fully saturated rings. The number of alkyl halides is 3. The molecule has 2 heterocycles. The lowest BCUT2D eigenvalue weighted by Gasteiger charge is -2.37. The van der Waals surface area contributed by atoms with E-state index in [1.165, 1.54) is 6.07 Å². The van der Waals surface area contributed by atoms with Gasteiger partial charge >= 0.3 is 6.18 Å². The van der Waals surface area contributed by atoms with Crippen LogP contribution in [0.5, 0.6) is 11.5 Å². The van der Waals surface area contributed by atoms with Gasteiger partial charge in [-0.2, -0.15) is 13.2 Å². The van der Waals surface area contributed by atoms with Gasteiger partial charge in [-0.1, -0.05) is 97.1 Å². The first-order chi connectivity index (χ1) is 25.3. The fourth-order valence-corrected chi connectivity index (χ4v) is 7.86. The van der Waals surface area contributed by atoms with Crippen molar-refractivity contribution >= 4 is 44.1 Å². The summed E-state index contributed by atoms with van der Waals surface area (Å²) in [6, 6.07) is 40.9. The predicted octanol–water partition coefficient (Wildman–Crippen LogP) is 11.0. The van der Waals surface area contributed by atoms with Crippen LogP contribution in [-0.4, -0.2) is 33.4 Å². The number of anilines is 1. The van der Waals surface area contributed by atoms with E-state index in [-0.39, 0.29) is 11.3 Å². The molecule has 52 heavy (non-hydrogen) atoms. The van der Waals surface area contributed by atoms with Crippen LogP contribution in [0.25, 0.3) is 49.5 Å². The van der Waals surface area contributed by atoms with Crippen molar-refractivity contribution < 1.29 is 27.4 Å². The Bertz CT molecular complexity index is 2480. The summed E-state index contributed by atoms with van der Waals surface area (Å²) in [5, 5.41) is 4.55. The predicted molar refractivity (Wildman–Crippen MR) is 202 cm³/mol. The van der Waals surface area contributed by atoms with Gasteiger partial charge in [-0.15, -0.1) is 0 Å². The fourth-order valence-electron chi connectivity index (χ4n) is 7.86. The highest BCUT2D eigenvalue weighted by Gasteiger charge is 2.42. The molecule has 0 saturated carbocycles. The third kappa shape index (κ3) is 5.27. The van der Waals surface area contributed by atoms with E-state index in [0.717, 1.165) is 75.8 Å². The Hall–Kier alpha value is -5.79. The highest BCUT2D eigenvalue weighted by Crippen LogP contribution is 2.52. The van der Waals surface area contributed by atoms with E-state index in [0.29, 0.717) is 16.5 Å². The third-order valence-electron chi connectivity index (χ3n) is 10.5. The molecular weight excluding hydrogens is 659 g/mol. The highest BCUT2D eigenvalue weighted by atomic mass is 19.4. The van der Waals surface area contributed by atoms with E-state index in [1.807, 2.05) is 97.1 Å². The molecule has 0 aliphatic carbocycles. The van der Waals surface area contributed by atoms with Crippen molar-refractivity contribution in [3.63, 3.8) is 0 Å². The lowest BCUT2D eigenvalue weighted by Crippen LogP contribution is -2.36. The smallest absolute Gasteiger partial charge is 0.417 e. The minimum Gasteiger partial charge on any atom is -0.497 e. The number of morpholine rings is 1. The van der Waals surface area contributed by atoms with Crippen LogP contribution in [0.3, 0.4) is 0 Å². The van der Waals surface area contributed by atoms with Gasteiger partial charge in [-0.05, 0) is 80.5 Å². The zero-order valence-electron chi connectivity index (χ0n) is 28.4. The topological polar surface area (TPSA) is 30.9 Å². The average molecular weight is 694 g/mol. The molecule has 1 saturated heterocycles. The molecule has 7 aromatic rings. The Labute approximate surface area is 299 Å². The van der Waals surface area contributed by atoms with Gasteiger partial charge in [0.15, 0.2) is 5.60 Å². The van der Waals surface area contributed by atoms with Crippen molar-refractivity contribution in [3.8, 4) is 22.6 Å². The largest absolute Gasteiger partial charge is 0.497 e. The maximum Gasteiger partial charge on any atom is 0.417 e. The van der Waals surface area contributed by atoms with Crippen LogP contribution in [0.15, 0.2) is 133 Å². The summed E-state index contributed by atoms with van der Waals surface area (Å²) in [5.74, 6) is 0.866. The molecule has 2 aliphatic heterocycles. The lowest BCUT2D eigenvalue weighted by molar-refractivity contribution is -0.137. The van der Waals surface area contributed by atoms with Crippen LogP contribution in [0.2, 0.25) is 0 Å². The molecule has 1 unspecified atom stereocenters. The molecule has 258 valence electrons. The molecule has 9 rings (SSSR count). The number of rotatable bonds is 5. The minimum absolute atomic E-state index is 0.0153. The van der Waals surface area contributed by atoms with Gasteiger partial charge in [0.1, 0.15) is 11.5 Å². The monoisotopic (exact) mass is 693 g/mol. The number of nitrogens with zero attached hydrogens (tertiary/aromatic N) is 1. The van der Waals surface area contributed by atoms with E-state index in [9.17, 15) is 13.2 Å². The summed E-state index contributed by atoms with van der Waals surface area (Å²) in [6.45, 7) is 3.17. The van der Waals surface area contributed by atoms with Crippen molar-refractivity contribution in [3.05, 3.63) is 156 Å². The summed E-state index contributed by atoms with van der Waals surface area (Å²) in [4.78, 5) is 2.32. The molecular formula is C45H34F3NO3. The number of hydrogen-bond donors (Lipinski definition) is 0. The second kappa shape index (κ2) is 12.5. The maximum absolute atomic E-state index is 15.0. The summed E-state index contributed by atoms with van der Waals surface area (Å²) in [5.41, 5.74) is 2.82. The second-order valence-corrected chi connectivity index (χ2v) is 13.3. The van der Waals surface area contributed by atoms with Crippen molar-refractivity contribution in [1.29, 1.82) is 0 Å². The Morgan fingerprint density at radius 1 is 0.654 bits per heavy atom. The van der Waals surface area contributed by atoms with E-state index < -0.39 is 17.3 Å². The van der Waals surface area contributed by atoms with E-state index >= 15 is 0 Å². The van der Waals surface area contributed by atoms with Crippen molar-refractivity contribution in [2.24, 2.45) is 0 Å². The molecule has 0 bridgehead atoms. The number of methoxy groups -OCH3 is 1. The number of benzene rings is 7. The van der Waals surface area contributed by atoms with Gasteiger partial charge in [0.25, 0.3) is 0 Å². The molecule has 0 amide bonds. The lowest BCUT2D eigenvalue weighted by atomic mass is 9.81. The molecule has 0 spiro atoms. The van der Waals surface area contributed by atoms with Crippen molar-refractivity contribution in [2.75, 3.05) is 38.3 Å². The number of hydrogen-bond acceptors (Lipinski definition) is 4. The maximum atomic E-state index is 15.0.